The highest BCUT2D eigenvalue weighted by Gasteiger charge is 2.29. The zero-order chi connectivity index (χ0) is 24.2. The number of para-hydroxylation sites is 2. The smallest absolute Gasteiger partial charge is 0.395 e. The van der Waals surface area contributed by atoms with Crippen LogP contribution in [-0.4, -0.2) is 30.0 Å². The number of benzene rings is 3. The topological polar surface area (TPSA) is 77.8 Å². The van der Waals surface area contributed by atoms with Crippen LogP contribution in [-0.2, 0) is 21.0 Å². The first-order valence-electron chi connectivity index (χ1n) is 11.2. The van der Waals surface area contributed by atoms with Gasteiger partial charge in [-0.25, -0.2) is 9.86 Å². The largest absolute Gasteiger partial charge is 0.492 e. The Hall–Kier alpha value is -4.17. The lowest BCUT2D eigenvalue weighted by atomic mass is 10.00. The average molecular weight is 487 g/mol. The molecule has 1 aliphatic rings. The van der Waals surface area contributed by atoms with E-state index in [1.807, 2.05) is 78.9 Å². The highest BCUT2D eigenvalue weighted by atomic mass is 32.1. The van der Waals surface area contributed by atoms with Crippen molar-refractivity contribution in [2.24, 2.45) is 0 Å². The van der Waals surface area contributed by atoms with E-state index in [1.165, 1.54) is 16.4 Å². The number of rotatable bonds is 8. The summed E-state index contributed by atoms with van der Waals surface area (Å²) in [7, 11) is 0. The van der Waals surface area contributed by atoms with Gasteiger partial charge < -0.3 is 9.57 Å². The maximum atomic E-state index is 12.2. The number of carbonyl (C=O) groups excluding carboxylic acids is 2. The average Bonchev–Trinajstić information content (AvgIpc) is 3.40. The molecule has 0 saturated heterocycles. The van der Waals surface area contributed by atoms with E-state index >= 15 is 0 Å². The molecule has 1 aliphatic heterocycles. The first-order chi connectivity index (χ1) is 17.1. The molecular formula is C27H22N2O5S. The SMILES string of the molecule is O=CC(=O)ON1CC(/C=C/c2ccc(OCCn3c(=O)sc4ccccc43)cc2)c2ccccc21. The van der Waals surface area contributed by atoms with Crippen LogP contribution < -0.4 is 14.7 Å². The van der Waals surface area contributed by atoms with Crippen molar-refractivity contribution < 1.29 is 19.2 Å². The van der Waals surface area contributed by atoms with Gasteiger partial charge >= 0.3 is 10.8 Å². The van der Waals surface area contributed by atoms with Gasteiger partial charge in [0.1, 0.15) is 12.4 Å². The Labute approximate surface area is 205 Å². The Morgan fingerprint density at radius 3 is 2.63 bits per heavy atom. The maximum Gasteiger partial charge on any atom is 0.395 e. The quantitative estimate of drug-likeness (QED) is 0.271. The number of aldehydes is 1. The summed E-state index contributed by atoms with van der Waals surface area (Å²) in [5.41, 5.74) is 3.73. The molecule has 0 amide bonds. The number of aromatic nitrogens is 1. The molecule has 2 heterocycles. The molecule has 1 aromatic heterocycles. The lowest BCUT2D eigenvalue weighted by molar-refractivity contribution is -0.149. The number of nitrogens with zero attached hydrogens (tertiary/aromatic N) is 2. The fourth-order valence-corrected chi connectivity index (χ4v) is 5.08. The van der Waals surface area contributed by atoms with E-state index in [-0.39, 0.29) is 17.1 Å². The number of thiazole rings is 1. The van der Waals surface area contributed by atoms with E-state index in [9.17, 15) is 14.4 Å². The lowest BCUT2D eigenvalue weighted by Gasteiger charge is -2.16. The number of fused-ring (bicyclic) bond motifs is 2. The van der Waals surface area contributed by atoms with Gasteiger partial charge in [0.2, 0.25) is 6.29 Å². The van der Waals surface area contributed by atoms with Gasteiger partial charge in [0, 0.05) is 5.92 Å². The highest BCUT2D eigenvalue weighted by Crippen LogP contribution is 2.37. The molecule has 176 valence electrons. The predicted octanol–water partition coefficient (Wildman–Crippen LogP) is 4.42. The fraction of sp³-hybridized carbons (Fsp3) is 0.148. The highest BCUT2D eigenvalue weighted by molar-refractivity contribution is 7.16. The Balaban J connectivity index is 1.20. The molecule has 0 fully saturated rings. The Morgan fingerprint density at radius 1 is 1.03 bits per heavy atom. The maximum absolute atomic E-state index is 12.2. The van der Waals surface area contributed by atoms with Crippen molar-refractivity contribution in [1.29, 1.82) is 0 Å². The zero-order valence-electron chi connectivity index (χ0n) is 18.7. The first kappa shape index (κ1) is 22.6. The molecule has 8 heteroatoms. The number of anilines is 1. The second-order valence-corrected chi connectivity index (χ2v) is 9.01. The summed E-state index contributed by atoms with van der Waals surface area (Å²) < 4.78 is 8.58. The van der Waals surface area contributed by atoms with Crippen molar-refractivity contribution in [2.75, 3.05) is 18.2 Å². The molecule has 7 nitrogen and oxygen atoms in total. The Morgan fingerprint density at radius 2 is 1.80 bits per heavy atom. The molecule has 0 saturated carbocycles. The predicted molar refractivity (Wildman–Crippen MR) is 136 cm³/mol. The summed E-state index contributed by atoms with van der Waals surface area (Å²) in [4.78, 5) is 39.5. The van der Waals surface area contributed by atoms with Crippen molar-refractivity contribution in [3.8, 4) is 5.75 Å². The van der Waals surface area contributed by atoms with Crippen LogP contribution in [0.5, 0.6) is 5.75 Å². The van der Waals surface area contributed by atoms with E-state index in [0.717, 1.165) is 32.8 Å². The summed E-state index contributed by atoms with van der Waals surface area (Å²) in [6, 6.07) is 23.1. The standard InChI is InChI=1S/C27H22N2O5S/c30-18-26(31)34-29-17-20(22-5-1-2-6-23(22)29)12-9-19-10-13-21(14-11-19)33-16-15-28-24-7-3-4-8-25(24)35-27(28)32/h1-14,18,20H,15-17H2/b12-9+. The second kappa shape index (κ2) is 9.99. The molecule has 5 rings (SSSR count). The van der Waals surface area contributed by atoms with Gasteiger partial charge in [0.05, 0.1) is 29.0 Å². The van der Waals surface area contributed by atoms with Crippen LogP contribution in [0.1, 0.15) is 17.0 Å². The van der Waals surface area contributed by atoms with E-state index in [4.69, 9.17) is 9.57 Å². The summed E-state index contributed by atoms with van der Waals surface area (Å²) >= 11 is 1.24. The van der Waals surface area contributed by atoms with Crippen LogP contribution >= 0.6 is 11.3 Å². The minimum atomic E-state index is -0.919. The third-order valence-corrected chi connectivity index (χ3v) is 6.78. The molecule has 35 heavy (non-hydrogen) atoms. The number of hydroxylamine groups is 1. The number of ether oxygens (including phenoxy) is 1. The normalized spacial score (nSPS) is 14.9. The molecule has 0 N–H and O–H groups in total. The molecular weight excluding hydrogens is 464 g/mol. The fourth-order valence-electron chi connectivity index (χ4n) is 4.17. The Bertz CT molecular complexity index is 1450. The molecule has 3 aromatic carbocycles. The van der Waals surface area contributed by atoms with Gasteiger partial charge in [-0.1, -0.05) is 66.0 Å². The minimum Gasteiger partial charge on any atom is -0.492 e. The number of carbonyl (C=O) groups is 2. The monoisotopic (exact) mass is 486 g/mol. The van der Waals surface area contributed by atoms with Crippen molar-refractivity contribution >= 4 is 45.6 Å². The van der Waals surface area contributed by atoms with E-state index < -0.39 is 5.97 Å². The van der Waals surface area contributed by atoms with Crippen molar-refractivity contribution in [3.63, 3.8) is 0 Å². The first-order valence-corrected chi connectivity index (χ1v) is 12.0. The van der Waals surface area contributed by atoms with Gasteiger partial charge in [0.15, 0.2) is 0 Å². The van der Waals surface area contributed by atoms with E-state index in [0.29, 0.717) is 19.7 Å². The van der Waals surface area contributed by atoms with Crippen LogP contribution in [0.25, 0.3) is 16.3 Å². The van der Waals surface area contributed by atoms with Crippen LogP contribution in [0.4, 0.5) is 5.69 Å². The summed E-state index contributed by atoms with van der Waals surface area (Å²) in [6.45, 7) is 1.31. The molecule has 0 aliphatic carbocycles. The lowest BCUT2D eigenvalue weighted by Crippen LogP contribution is -2.26. The van der Waals surface area contributed by atoms with Crippen molar-refractivity contribution in [3.05, 3.63) is 99.7 Å². The molecule has 4 aromatic rings. The molecule has 1 unspecified atom stereocenters. The third-order valence-electron chi connectivity index (χ3n) is 5.82. The Kier molecular flexibility index (Phi) is 6.45. The van der Waals surface area contributed by atoms with Gasteiger partial charge in [-0.2, -0.15) is 0 Å². The van der Waals surface area contributed by atoms with Gasteiger partial charge in [-0.15, -0.1) is 0 Å². The van der Waals surface area contributed by atoms with E-state index in [1.54, 1.807) is 4.57 Å². The second-order valence-electron chi connectivity index (χ2n) is 8.02. The van der Waals surface area contributed by atoms with E-state index in [2.05, 4.69) is 6.08 Å². The van der Waals surface area contributed by atoms with Gasteiger partial charge in [-0.3, -0.25) is 14.2 Å². The minimum absolute atomic E-state index is 0.0142. The van der Waals surface area contributed by atoms with Crippen molar-refractivity contribution in [1.82, 2.24) is 4.57 Å². The van der Waals surface area contributed by atoms with Crippen LogP contribution in [0.15, 0.2) is 83.7 Å². The number of hydrogen-bond acceptors (Lipinski definition) is 7. The zero-order valence-corrected chi connectivity index (χ0v) is 19.5. The summed E-state index contributed by atoms with van der Waals surface area (Å²) in [6.07, 6.45) is 4.22. The van der Waals surface area contributed by atoms with Crippen LogP contribution in [0.3, 0.4) is 0 Å². The summed E-state index contributed by atoms with van der Waals surface area (Å²) in [5, 5.41) is 1.46. The molecule has 1 atom stereocenters. The van der Waals surface area contributed by atoms with Gasteiger partial charge in [0.25, 0.3) is 0 Å². The summed E-state index contributed by atoms with van der Waals surface area (Å²) in [5.74, 6) is -0.176. The molecule has 0 radical (unpaired) electrons. The molecule has 0 spiro atoms. The van der Waals surface area contributed by atoms with Crippen LogP contribution in [0.2, 0.25) is 0 Å². The number of hydrogen-bond donors (Lipinski definition) is 0. The van der Waals surface area contributed by atoms with Crippen molar-refractivity contribution in [2.45, 2.75) is 12.5 Å². The third kappa shape index (κ3) is 4.88. The van der Waals surface area contributed by atoms with Gasteiger partial charge in [-0.05, 0) is 41.5 Å². The molecule has 0 bridgehead atoms. The van der Waals surface area contributed by atoms with Crippen LogP contribution in [0, 0.1) is 0 Å².